The largest absolute Gasteiger partial charge is 0.497 e. The fourth-order valence-corrected chi connectivity index (χ4v) is 15.4. The fraction of sp³-hybridized carbons (Fsp3) is 0.750. The summed E-state index contributed by atoms with van der Waals surface area (Å²) in [4.78, 5) is 17.3. The quantitative estimate of drug-likeness (QED) is 0.167. The van der Waals surface area contributed by atoms with E-state index in [9.17, 15) is 25.2 Å². The van der Waals surface area contributed by atoms with Gasteiger partial charge in [-0.05, 0) is 148 Å². The molecule has 4 N–H and O–H groups in total. The Morgan fingerprint density at radius 2 is 1.51 bits per heavy atom. The molecular formula is C44H61NO6. The Balaban J connectivity index is 1.09. The summed E-state index contributed by atoms with van der Waals surface area (Å²) in [6.07, 6.45) is 19.4. The number of benzene rings is 1. The Morgan fingerprint density at radius 1 is 0.882 bits per heavy atom. The van der Waals surface area contributed by atoms with E-state index < -0.39 is 22.5 Å². The lowest BCUT2D eigenvalue weighted by molar-refractivity contribution is -0.179. The number of nitrogens with zero attached hydrogens (tertiary/aromatic N) is 1. The SMILES string of the molecule is COc1ccc(C(=O)C2=C[C@@]34C=C[C@@]25[C@@H]2CC[C@@](O)(CN(C[C@H](O)CO)CC67CC8CC(CC(C8)C6)C7)[C@@]2(C)CC[C@@H]5[C@@]3(C)CCC(O)C4)cc1. The van der Waals surface area contributed by atoms with Gasteiger partial charge in [-0.2, -0.15) is 0 Å². The summed E-state index contributed by atoms with van der Waals surface area (Å²) < 4.78 is 5.43. The van der Waals surface area contributed by atoms with Crippen LogP contribution in [0.2, 0.25) is 0 Å². The molecule has 1 aromatic rings. The molecule has 1 unspecified atom stereocenters. The van der Waals surface area contributed by atoms with Crippen LogP contribution >= 0.6 is 0 Å². The Labute approximate surface area is 304 Å². The number of ketones is 1. The van der Waals surface area contributed by atoms with Crippen molar-refractivity contribution in [3.8, 4) is 5.75 Å². The van der Waals surface area contributed by atoms with Crippen molar-refractivity contribution in [1.29, 1.82) is 0 Å². The second kappa shape index (κ2) is 11.7. The number of rotatable bonds is 10. The van der Waals surface area contributed by atoms with Gasteiger partial charge in [-0.3, -0.25) is 9.69 Å². The number of carbonyl (C=O) groups excluding carboxylic acids is 1. The summed E-state index contributed by atoms with van der Waals surface area (Å²) in [5.41, 5.74) is -0.628. The van der Waals surface area contributed by atoms with Gasteiger partial charge in [0.15, 0.2) is 5.78 Å². The Kier molecular flexibility index (Phi) is 7.99. The minimum absolute atomic E-state index is 0.0580. The van der Waals surface area contributed by atoms with Crippen molar-refractivity contribution in [3.63, 3.8) is 0 Å². The minimum atomic E-state index is -0.993. The zero-order valence-electron chi connectivity index (χ0n) is 31.2. The molecule has 0 aliphatic heterocycles. The van der Waals surface area contributed by atoms with E-state index in [4.69, 9.17) is 4.74 Å². The van der Waals surface area contributed by atoms with Crippen molar-refractivity contribution in [3.05, 3.63) is 53.6 Å². The molecule has 0 radical (unpaired) electrons. The first-order chi connectivity index (χ1) is 24.3. The van der Waals surface area contributed by atoms with Crippen molar-refractivity contribution >= 4 is 5.78 Å². The molecule has 10 aliphatic carbocycles. The summed E-state index contributed by atoms with van der Waals surface area (Å²) >= 11 is 0. The first-order valence-corrected chi connectivity index (χ1v) is 20.3. The molecule has 10 aliphatic rings. The molecule has 6 bridgehead atoms. The van der Waals surface area contributed by atoms with E-state index in [-0.39, 0.29) is 46.6 Å². The molecule has 7 fully saturated rings. The summed E-state index contributed by atoms with van der Waals surface area (Å²) in [5.74, 6) is 3.55. The van der Waals surface area contributed by atoms with Crippen LogP contribution in [-0.4, -0.2) is 82.3 Å². The number of aliphatic hydroxyl groups is 4. The van der Waals surface area contributed by atoms with Crippen LogP contribution in [0.1, 0.15) is 108 Å². The molecular weight excluding hydrogens is 638 g/mol. The summed E-state index contributed by atoms with van der Waals surface area (Å²) in [6, 6.07) is 7.50. The molecule has 0 aromatic heterocycles. The smallest absolute Gasteiger partial charge is 0.189 e. The second-order valence-electron chi connectivity index (χ2n) is 19.8. The molecule has 7 heteroatoms. The number of aliphatic hydroxyl groups excluding tert-OH is 3. The van der Waals surface area contributed by atoms with Crippen LogP contribution in [0.15, 0.2) is 48.1 Å². The average Bonchev–Trinajstić information content (AvgIpc) is 3.36. The number of Topliss-reactive ketones (excluding diaryl/α,β-unsaturated/α-hetero) is 1. The van der Waals surface area contributed by atoms with Gasteiger partial charge in [0, 0.05) is 47.0 Å². The van der Waals surface area contributed by atoms with Gasteiger partial charge in [0.05, 0.1) is 31.5 Å². The van der Waals surface area contributed by atoms with E-state index in [0.717, 1.165) is 67.7 Å². The molecule has 9 atom stereocenters. The molecule has 51 heavy (non-hydrogen) atoms. The van der Waals surface area contributed by atoms with E-state index in [1.807, 2.05) is 24.3 Å². The Morgan fingerprint density at radius 3 is 2.16 bits per heavy atom. The lowest BCUT2D eigenvalue weighted by atomic mass is 9.32. The summed E-state index contributed by atoms with van der Waals surface area (Å²) in [7, 11) is 1.64. The van der Waals surface area contributed by atoms with Crippen molar-refractivity contribution in [2.45, 2.75) is 115 Å². The van der Waals surface area contributed by atoms with Crippen molar-refractivity contribution in [1.82, 2.24) is 4.90 Å². The van der Waals surface area contributed by atoms with Crippen molar-refractivity contribution in [2.75, 3.05) is 33.4 Å². The van der Waals surface area contributed by atoms with E-state index in [1.165, 1.54) is 38.5 Å². The van der Waals surface area contributed by atoms with Gasteiger partial charge in [0.2, 0.25) is 0 Å². The monoisotopic (exact) mass is 699 g/mol. The van der Waals surface area contributed by atoms with Crippen LogP contribution in [0.25, 0.3) is 0 Å². The van der Waals surface area contributed by atoms with Crippen LogP contribution in [0.5, 0.6) is 5.75 Å². The van der Waals surface area contributed by atoms with Gasteiger partial charge < -0.3 is 25.2 Å². The summed E-state index contributed by atoms with van der Waals surface area (Å²) in [6.45, 7) is 6.21. The Hall–Kier alpha value is -2.03. The number of fused-ring (bicyclic) bond motifs is 1. The fourth-order valence-electron chi connectivity index (χ4n) is 15.4. The van der Waals surface area contributed by atoms with E-state index in [1.54, 1.807) is 7.11 Å². The predicted molar refractivity (Wildman–Crippen MR) is 196 cm³/mol. The normalized spacial score (nSPS) is 47.9. The van der Waals surface area contributed by atoms with E-state index >= 15 is 0 Å². The molecule has 1 aromatic carbocycles. The number of hydrogen-bond acceptors (Lipinski definition) is 7. The van der Waals surface area contributed by atoms with Crippen molar-refractivity contribution in [2.24, 2.45) is 56.7 Å². The highest BCUT2D eigenvalue weighted by Crippen LogP contribution is 2.78. The van der Waals surface area contributed by atoms with Crippen LogP contribution in [0.3, 0.4) is 0 Å². The van der Waals surface area contributed by atoms with Gasteiger partial charge in [-0.15, -0.1) is 0 Å². The number of hydrogen-bond donors (Lipinski definition) is 4. The first-order valence-electron chi connectivity index (χ1n) is 20.3. The van der Waals surface area contributed by atoms with E-state index in [2.05, 4.69) is 37.0 Å². The molecule has 7 saturated carbocycles. The average molecular weight is 700 g/mol. The molecule has 11 rings (SSSR count). The maximum absolute atomic E-state index is 14.9. The molecule has 278 valence electrons. The lowest BCUT2D eigenvalue weighted by Crippen LogP contribution is -2.67. The standard InChI is InChI=1S/C44H61NO6/c1-39-11-8-32(47)22-42(39)14-15-44(35(23-42)38(49)31-4-6-34(51-3)7-5-31)36(39)9-12-40(2)37(44)10-13-43(40,50)27-45(24-33(48)25-46)26-41-19-28-16-29(20-41)18-30(17-28)21-41/h4-7,14-15,23,28-30,32-33,36-37,46-48,50H,8-13,16-22,24-27H2,1-3H3/t28?,29?,30?,32?,33-,36+,37+,39+,40-,41?,42-,43+,44+/m0/s1. The zero-order chi connectivity index (χ0) is 35.6. The van der Waals surface area contributed by atoms with Crippen LogP contribution in [0, 0.1) is 56.7 Å². The third-order valence-corrected chi connectivity index (χ3v) is 17.2. The third-order valence-electron chi connectivity index (χ3n) is 17.2. The minimum Gasteiger partial charge on any atom is -0.497 e. The highest BCUT2D eigenvalue weighted by atomic mass is 16.5. The number of carbonyl (C=O) groups is 1. The molecule has 2 spiro atoms. The van der Waals surface area contributed by atoms with Gasteiger partial charge in [0.1, 0.15) is 5.75 Å². The molecule has 0 heterocycles. The third kappa shape index (κ3) is 4.89. The topological polar surface area (TPSA) is 110 Å². The molecule has 7 nitrogen and oxygen atoms in total. The van der Waals surface area contributed by atoms with Crippen molar-refractivity contribution < 1.29 is 30.0 Å². The second-order valence-corrected chi connectivity index (χ2v) is 19.8. The Bertz CT molecular complexity index is 1580. The van der Waals surface area contributed by atoms with Crippen LogP contribution in [0.4, 0.5) is 0 Å². The maximum Gasteiger partial charge on any atom is 0.189 e. The van der Waals surface area contributed by atoms with Gasteiger partial charge in [-0.1, -0.05) is 32.1 Å². The molecule has 0 saturated heterocycles. The van der Waals surface area contributed by atoms with E-state index in [0.29, 0.717) is 31.5 Å². The van der Waals surface area contributed by atoms with Crippen LogP contribution < -0.4 is 4.74 Å². The summed E-state index contributed by atoms with van der Waals surface area (Å²) in [5, 5.41) is 45.1. The maximum atomic E-state index is 14.9. The van der Waals surface area contributed by atoms with Gasteiger partial charge in [-0.25, -0.2) is 0 Å². The molecule has 0 amide bonds. The highest BCUT2D eigenvalue weighted by molar-refractivity contribution is 6.10. The zero-order valence-corrected chi connectivity index (χ0v) is 31.2. The van der Waals surface area contributed by atoms with Gasteiger partial charge >= 0.3 is 0 Å². The number of methoxy groups -OCH3 is 1. The van der Waals surface area contributed by atoms with Gasteiger partial charge in [0.25, 0.3) is 0 Å². The number of ether oxygens (including phenoxy) is 1. The number of allylic oxidation sites excluding steroid dienone is 4. The first kappa shape index (κ1) is 34.7. The predicted octanol–water partition coefficient (Wildman–Crippen LogP) is 6.34. The van der Waals surface area contributed by atoms with Crippen LogP contribution in [-0.2, 0) is 0 Å². The lowest BCUT2D eigenvalue weighted by Gasteiger charge is -2.71. The highest BCUT2D eigenvalue weighted by Gasteiger charge is 2.74.